The molecule has 0 bridgehead atoms. The number of nitrogens with one attached hydrogen (secondary N) is 1. The van der Waals surface area contributed by atoms with Crippen LogP contribution in [0.5, 0.6) is 0 Å². The second kappa shape index (κ2) is 3.23. The van der Waals surface area contributed by atoms with Gasteiger partial charge >= 0.3 is 0 Å². The maximum atomic E-state index is 5.71. The smallest absolute Gasteiger partial charge is 0.274 e. The van der Waals surface area contributed by atoms with Gasteiger partial charge in [0.1, 0.15) is 13.5 Å². The number of nitrogens with zero attached hydrogens (tertiary/aromatic N) is 2. The van der Waals surface area contributed by atoms with Gasteiger partial charge in [-0.3, -0.25) is 0 Å². The number of rotatable bonds is 1. The van der Waals surface area contributed by atoms with E-state index in [2.05, 4.69) is 15.1 Å². The molecule has 0 saturated carbocycles. The van der Waals surface area contributed by atoms with E-state index < -0.39 is 0 Å². The molecule has 0 aliphatic carbocycles. The van der Waals surface area contributed by atoms with Crippen molar-refractivity contribution in [1.82, 2.24) is 15.1 Å². The summed E-state index contributed by atoms with van der Waals surface area (Å²) in [6, 6.07) is 7.62. The Morgan fingerprint density at radius 2 is 2.19 bits per heavy atom. The fraction of sp³-hybridized carbons (Fsp3) is 0.0909. The summed E-state index contributed by atoms with van der Waals surface area (Å²) >= 11 is 0. The van der Waals surface area contributed by atoms with E-state index >= 15 is 0 Å². The maximum Gasteiger partial charge on any atom is 0.274 e. The lowest BCUT2D eigenvalue weighted by atomic mass is 9.95. The SMILES string of the molecule is [B]c1ccc2[nH]c(-c3nc(C)no3)cc2c1. The van der Waals surface area contributed by atoms with Crippen molar-refractivity contribution >= 4 is 24.2 Å². The van der Waals surface area contributed by atoms with Gasteiger partial charge in [-0.2, -0.15) is 4.98 Å². The summed E-state index contributed by atoms with van der Waals surface area (Å²) in [4.78, 5) is 7.36. The van der Waals surface area contributed by atoms with Crippen LogP contribution in [0, 0.1) is 6.92 Å². The largest absolute Gasteiger partial charge is 0.351 e. The Labute approximate surface area is 93.1 Å². The van der Waals surface area contributed by atoms with Crippen LogP contribution in [0.15, 0.2) is 28.8 Å². The van der Waals surface area contributed by atoms with E-state index in [9.17, 15) is 0 Å². The minimum Gasteiger partial charge on any atom is -0.351 e. The summed E-state index contributed by atoms with van der Waals surface area (Å²) < 4.78 is 5.09. The predicted molar refractivity (Wildman–Crippen MR) is 61.7 cm³/mol. The highest BCUT2D eigenvalue weighted by Crippen LogP contribution is 2.21. The van der Waals surface area contributed by atoms with Crippen molar-refractivity contribution in [3.8, 4) is 11.6 Å². The minimum absolute atomic E-state index is 0.493. The van der Waals surface area contributed by atoms with Crippen LogP contribution in [0.25, 0.3) is 22.5 Å². The molecule has 2 radical (unpaired) electrons. The van der Waals surface area contributed by atoms with Crippen LogP contribution in [0.4, 0.5) is 0 Å². The molecule has 4 nitrogen and oxygen atoms in total. The summed E-state index contributed by atoms with van der Waals surface area (Å²) in [5.41, 5.74) is 2.54. The van der Waals surface area contributed by atoms with Crippen molar-refractivity contribution in [1.29, 1.82) is 0 Å². The molecule has 0 atom stereocenters. The number of hydrogen-bond donors (Lipinski definition) is 1. The molecular weight excluding hydrogens is 201 g/mol. The average Bonchev–Trinajstić information content (AvgIpc) is 2.83. The Balaban J connectivity index is 2.18. The Hall–Kier alpha value is -2.04. The first-order chi connectivity index (χ1) is 7.72. The molecule has 1 N–H and O–H groups in total. The Kier molecular flexibility index (Phi) is 1.86. The topological polar surface area (TPSA) is 54.7 Å². The van der Waals surface area contributed by atoms with Crippen LogP contribution >= 0.6 is 0 Å². The quantitative estimate of drug-likeness (QED) is 0.615. The molecule has 0 aliphatic rings. The Morgan fingerprint density at radius 3 is 2.94 bits per heavy atom. The molecule has 2 aromatic heterocycles. The molecule has 16 heavy (non-hydrogen) atoms. The monoisotopic (exact) mass is 209 g/mol. The second-order valence-electron chi connectivity index (χ2n) is 3.68. The van der Waals surface area contributed by atoms with Gasteiger partial charge in [0.15, 0.2) is 5.82 Å². The highest BCUT2D eigenvalue weighted by molar-refractivity contribution is 6.33. The number of aromatic nitrogens is 3. The zero-order valence-corrected chi connectivity index (χ0v) is 8.69. The lowest BCUT2D eigenvalue weighted by Gasteiger charge is -1.90. The normalized spacial score (nSPS) is 11.1. The van der Waals surface area contributed by atoms with Gasteiger partial charge in [0.05, 0.1) is 0 Å². The van der Waals surface area contributed by atoms with Crippen molar-refractivity contribution in [2.75, 3.05) is 0 Å². The van der Waals surface area contributed by atoms with Gasteiger partial charge in [-0.05, 0) is 24.4 Å². The molecule has 0 amide bonds. The van der Waals surface area contributed by atoms with Crippen molar-refractivity contribution < 1.29 is 4.52 Å². The molecule has 3 aromatic rings. The molecule has 76 valence electrons. The van der Waals surface area contributed by atoms with Crippen LogP contribution in [-0.2, 0) is 0 Å². The van der Waals surface area contributed by atoms with Crippen LogP contribution in [-0.4, -0.2) is 23.0 Å². The van der Waals surface area contributed by atoms with Crippen molar-refractivity contribution in [2.45, 2.75) is 6.92 Å². The first-order valence-electron chi connectivity index (χ1n) is 4.91. The van der Waals surface area contributed by atoms with E-state index in [1.165, 1.54) is 0 Å². The summed E-state index contributed by atoms with van der Waals surface area (Å²) in [6.07, 6.45) is 0. The van der Waals surface area contributed by atoms with Gasteiger partial charge in [-0.25, -0.2) is 0 Å². The van der Waals surface area contributed by atoms with Crippen molar-refractivity contribution in [3.63, 3.8) is 0 Å². The van der Waals surface area contributed by atoms with E-state index in [4.69, 9.17) is 12.4 Å². The lowest BCUT2D eigenvalue weighted by Crippen LogP contribution is -1.98. The molecule has 1 aromatic carbocycles. The van der Waals surface area contributed by atoms with E-state index in [0.717, 1.165) is 22.1 Å². The van der Waals surface area contributed by atoms with Gasteiger partial charge in [0.2, 0.25) is 0 Å². The third kappa shape index (κ3) is 1.41. The summed E-state index contributed by atoms with van der Waals surface area (Å²) in [5.74, 6) is 1.11. The molecule has 5 heteroatoms. The molecule has 0 unspecified atom stereocenters. The number of aryl methyl sites for hydroxylation is 1. The van der Waals surface area contributed by atoms with Gasteiger partial charge in [0, 0.05) is 5.52 Å². The molecule has 0 saturated heterocycles. The standard InChI is InChI=1S/C11H8BN3O/c1-6-13-11(16-15-6)10-5-7-4-8(12)2-3-9(7)14-10/h2-5,14H,1H3. The fourth-order valence-electron chi connectivity index (χ4n) is 1.67. The van der Waals surface area contributed by atoms with Gasteiger partial charge in [-0.1, -0.05) is 22.8 Å². The molecule has 0 spiro atoms. The summed E-state index contributed by atoms with van der Waals surface area (Å²) in [7, 11) is 5.71. The van der Waals surface area contributed by atoms with Gasteiger partial charge in [-0.15, -0.1) is 0 Å². The highest BCUT2D eigenvalue weighted by atomic mass is 16.5. The first-order valence-corrected chi connectivity index (χ1v) is 4.91. The molecule has 2 heterocycles. The van der Waals surface area contributed by atoms with Crippen molar-refractivity contribution in [3.05, 3.63) is 30.1 Å². The lowest BCUT2D eigenvalue weighted by molar-refractivity contribution is 0.424. The number of H-pyrrole nitrogens is 1. The summed E-state index contributed by atoms with van der Waals surface area (Å²) in [6.45, 7) is 1.79. The molecular formula is C11H8BN3O. The van der Waals surface area contributed by atoms with Gasteiger partial charge in [0.25, 0.3) is 5.89 Å². The third-order valence-corrected chi connectivity index (χ3v) is 2.40. The minimum atomic E-state index is 0.493. The van der Waals surface area contributed by atoms with Crippen LogP contribution in [0.2, 0.25) is 0 Å². The average molecular weight is 209 g/mol. The Morgan fingerprint density at radius 1 is 1.31 bits per heavy atom. The highest BCUT2D eigenvalue weighted by Gasteiger charge is 2.09. The van der Waals surface area contributed by atoms with Crippen LogP contribution < -0.4 is 5.46 Å². The van der Waals surface area contributed by atoms with Crippen molar-refractivity contribution in [2.24, 2.45) is 0 Å². The Bertz CT molecular complexity index is 656. The number of hydrogen-bond acceptors (Lipinski definition) is 3. The van der Waals surface area contributed by atoms with E-state index in [-0.39, 0.29) is 0 Å². The summed E-state index contributed by atoms with van der Waals surface area (Å²) in [5, 5.41) is 4.78. The maximum absolute atomic E-state index is 5.71. The molecule has 3 rings (SSSR count). The third-order valence-electron chi connectivity index (χ3n) is 2.40. The zero-order chi connectivity index (χ0) is 11.1. The fourth-order valence-corrected chi connectivity index (χ4v) is 1.67. The van der Waals surface area contributed by atoms with E-state index in [1.807, 2.05) is 24.3 Å². The second-order valence-corrected chi connectivity index (χ2v) is 3.68. The van der Waals surface area contributed by atoms with E-state index in [0.29, 0.717) is 11.7 Å². The van der Waals surface area contributed by atoms with Gasteiger partial charge < -0.3 is 9.51 Å². The zero-order valence-electron chi connectivity index (χ0n) is 8.69. The predicted octanol–water partition coefficient (Wildman–Crippen LogP) is 1.32. The molecule has 0 aliphatic heterocycles. The van der Waals surface area contributed by atoms with Crippen LogP contribution in [0.1, 0.15) is 5.82 Å². The number of benzene rings is 1. The van der Waals surface area contributed by atoms with E-state index in [1.54, 1.807) is 6.92 Å². The first kappa shape index (κ1) is 9.21. The van der Waals surface area contributed by atoms with Crippen LogP contribution in [0.3, 0.4) is 0 Å². The molecule has 0 fully saturated rings. The number of fused-ring (bicyclic) bond motifs is 1. The number of aromatic amines is 1.